The number of carbonyl (C=O) groups is 3. The summed E-state index contributed by atoms with van der Waals surface area (Å²) in [4.78, 5) is 35.4. The molecule has 0 heterocycles. The maximum atomic E-state index is 11.9. The molecular weight excluding hydrogens is 441 g/mol. The van der Waals surface area contributed by atoms with Crippen LogP contribution >= 0.6 is 34.8 Å². The molecule has 0 spiro atoms. The van der Waals surface area contributed by atoms with Gasteiger partial charge in [0.15, 0.2) is 0 Å². The average Bonchev–Trinajstić information content (AvgIpc) is 2.69. The second kappa shape index (κ2) is 11.5. The van der Waals surface area contributed by atoms with Gasteiger partial charge in [0.05, 0.1) is 28.8 Å². The summed E-state index contributed by atoms with van der Waals surface area (Å²) in [7, 11) is 0. The van der Waals surface area contributed by atoms with E-state index in [1.165, 1.54) is 6.07 Å². The van der Waals surface area contributed by atoms with E-state index in [0.717, 1.165) is 0 Å². The number of hydrogen-bond acceptors (Lipinski definition) is 4. The van der Waals surface area contributed by atoms with Crippen LogP contribution in [0.15, 0.2) is 42.5 Å². The lowest BCUT2D eigenvalue weighted by molar-refractivity contribution is -0.128. The number of amides is 3. The van der Waals surface area contributed by atoms with Crippen molar-refractivity contribution in [1.29, 1.82) is 0 Å². The van der Waals surface area contributed by atoms with Gasteiger partial charge in [-0.05, 0) is 36.8 Å². The smallest absolute Gasteiger partial charge is 0.257 e. The fourth-order valence-electron chi connectivity index (χ4n) is 2.15. The van der Waals surface area contributed by atoms with E-state index >= 15 is 0 Å². The number of benzene rings is 2. The Morgan fingerprint density at radius 2 is 1.62 bits per heavy atom. The standard InChI is InChI=1S/C19H18Cl3N3O4/c20-12-7-8-16(15(22)10-12)29-9-3-6-17(26)24-25-18(27)11-23-19(28)13-4-1-2-5-14(13)21/h1-2,4-5,7-8,10H,3,6,9,11H2,(H,23,28)(H,24,26)(H,25,27). The molecule has 0 saturated heterocycles. The summed E-state index contributed by atoms with van der Waals surface area (Å²) in [5.41, 5.74) is 4.73. The first kappa shape index (κ1) is 22.8. The minimum atomic E-state index is -0.581. The van der Waals surface area contributed by atoms with Crippen molar-refractivity contribution in [3.05, 3.63) is 63.1 Å². The Bertz CT molecular complexity index is 893. The van der Waals surface area contributed by atoms with E-state index in [9.17, 15) is 14.4 Å². The van der Waals surface area contributed by atoms with Gasteiger partial charge in [-0.1, -0.05) is 46.9 Å². The van der Waals surface area contributed by atoms with E-state index in [-0.39, 0.29) is 30.2 Å². The topological polar surface area (TPSA) is 96.5 Å². The van der Waals surface area contributed by atoms with Gasteiger partial charge < -0.3 is 10.1 Å². The van der Waals surface area contributed by atoms with Crippen LogP contribution in [0.3, 0.4) is 0 Å². The zero-order valence-corrected chi connectivity index (χ0v) is 17.4. The van der Waals surface area contributed by atoms with Crippen molar-refractivity contribution in [1.82, 2.24) is 16.2 Å². The highest BCUT2D eigenvalue weighted by Crippen LogP contribution is 2.27. The average molecular weight is 459 g/mol. The highest BCUT2D eigenvalue weighted by molar-refractivity contribution is 6.35. The first-order valence-corrected chi connectivity index (χ1v) is 9.68. The van der Waals surface area contributed by atoms with Gasteiger partial charge in [0, 0.05) is 11.4 Å². The fraction of sp³-hybridized carbons (Fsp3) is 0.211. The van der Waals surface area contributed by atoms with Crippen LogP contribution in [0.4, 0.5) is 0 Å². The van der Waals surface area contributed by atoms with Crippen LogP contribution in [-0.4, -0.2) is 30.9 Å². The first-order chi connectivity index (χ1) is 13.9. The number of rotatable bonds is 8. The fourth-order valence-corrected chi connectivity index (χ4v) is 2.84. The summed E-state index contributed by atoms with van der Waals surface area (Å²) in [6.45, 7) is -0.0564. The van der Waals surface area contributed by atoms with E-state index in [1.807, 2.05) is 0 Å². The molecule has 3 N–H and O–H groups in total. The molecule has 0 radical (unpaired) electrons. The number of halogens is 3. The lowest BCUT2D eigenvalue weighted by Gasteiger charge is -2.10. The molecule has 0 atom stereocenters. The van der Waals surface area contributed by atoms with Crippen LogP contribution in [0.5, 0.6) is 5.75 Å². The molecule has 2 aromatic rings. The summed E-state index contributed by atoms with van der Waals surface area (Å²) in [6, 6.07) is 11.3. The van der Waals surface area contributed by atoms with Gasteiger partial charge in [0.2, 0.25) is 5.91 Å². The van der Waals surface area contributed by atoms with Crippen molar-refractivity contribution >= 4 is 52.5 Å². The van der Waals surface area contributed by atoms with E-state index in [2.05, 4.69) is 16.2 Å². The van der Waals surface area contributed by atoms with Crippen LogP contribution < -0.4 is 20.9 Å². The molecule has 154 valence electrons. The highest BCUT2D eigenvalue weighted by Gasteiger charge is 2.11. The summed E-state index contributed by atoms with van der Waals surface area (Å²) in [6.07, 6.45) is 0.529. The molecule has 0 aromatic heterocycles. The Balaban J connectivity index is 1.61. The van der Waals surface area contributed by atoms with E-state index in [0.29, 0.717) is 22.2 Å². The molecule has 7 nitrogen and oxygen atoms in total. The van der Waals surface area contributed by atoms with Gasteiger partial charge >= 0.3 is 0 Å². The van der Waals surface area contributed by atoms with Crippen molar-refractivity contribution in [3.63, 3.8) is 0 Å². The van der Waals surface area contributed by atoms with Crippen molar-refractivity contribution in [3.8, 4) is 5.75 Å². The molecule has 0 aliphatic rings. The predicted molar refractivity (Wildman–Crippen MR) is 111 cm³/mol. The molecule has 0 fully saturated rings. The molecule has 0 unspecified atom stereocenters. The first-order valence-electron chi connectivity index (χ1n) is 8.55. The molecule has 10 heteroatoms. The van der Waals surface area contributed by atoms with E-state index in [4.69, 9.17) is 39.5 Å². The maximum absolute atomic E-state index is 11.9. The van der Waals surface area contributed by atoms with Crippen LogP contribution in [0.1, 0.15) is 23.2 Å². The van der Waals surface area contributed by atoms with Crippen LogP contribution in [0.2, 0.25) is 15.1 Å². The Hall–Kier alpha value is -2.48. The maximum Gasteiger partial charge on any atom is 0.257 e. The van der Waals surface area contributed by atoms with Gasteiger partial charge in [-0.25, -0.2) is 0 Å². The third-order valence-corrected chi connectivity index (χ3v) is 4.43. The van der Waals surface area contributed by atoms with Crippen molar-refractivity contribution in [2.24, 2.45) is 0 Å². The molecule has 0 aliphatic carbocycles. The van der Waals surface area contributed by atoms with Crippen LogP contribution in [0, 0.1) is 0 Å². The van der Waals surface area contributed by atoms with Crippen molar-refractivity contribution in [2.75, 3.05) is 13.2 Å². The lowest BCUT2D eigenvalue weighted by Crippen LogP contribution is -2.46. The summed E-state index contributed by atoms with van der Waals surface area (Å²) in [5, 5.41) is 3.58. The summed E-state index contributed by atoms with van der Waals surface area (Å²) in [5.74, 6) is -1.00. The normalized spacial score (nSPS) is 10.2. The highest BCUT2D eigenvalue weighted by atomic mass is 35.5. The van der Waals surface area contributed by atoms with E-state index < -0.39 is 17.7 Å². The van der Waals surface area contributed by atoms with Gasteiger partial charge in [-0.3, -0.25) is 25.2 Å². The third-order valence-electron chi connectivity index (χ3n) is 3.57. The predicted octanol–water partition coefficient (Wildman–Crippen LogP) is 3.38. The molecule has 2 rings (SSSR count). The molecule has 0 saturated carbocycles. The van der Waals surface area contributed by atoms with Crippen LogP contribution in [-0.2, 0) is 9.59 Å². The minimum Gasteiger partial charge on any atom is -0.492 e. The van der Waals surface area contributed by atoms with Crippen molar-refractivity contribution < 1.29 is 19.1 Å². The number of hydrazine groups is 1. The SMILES string of the molecule is O=C(CCCOc1ccc(Cl)cc1Cl)NNC(=O)CNC(=O)c1ccccc1Cl. The van der Waals surface area contributed by atoms with Gasteiger partial charge in [0.1, 0.15) is 5.75 Å². The molecule has 29 heavy (non-hydrogen) atoms. The van der Waals surface area contributed by atoms with Gasteiger partial charge in [-0.2, -0.15) is 0 Å². The number of ether oxygens (including phenoxy) is 1. The Morgan fingerprint density at radius 1 is 0.897 bits per heavy atom. The summed E-state index contributed by atoms with van der Waals surface area (Å²) < 4.78 is 5.47. The van der Waals surface area contributed by atoms with Gasteiger partial charge in [-0.15, -0.1) is 0 Å². The number of carbonyl (C=O) groups excluding carboxylic acids is 3. The Morgan fingerprint density at radius 3 is 2.34 bits per heavy atom. The molecule has 0 aliphatic heterocycles. The number of nitrogens with one attached hydrogen (secondary N) is 3. The molecule has 2 aromatic carbocycles. The lowest BCUT2D eigenvalue weighted by atomic mass is 10.2. The minimum absolute atomic E-state index is 0.122. The summed E-state index contributed by atoms with van der Waals surface area (Å²) >= 11 is 17.7. The third kappa shape index (κ3) is 7.81. The second-order valence-electron chi connectivity index (χ2n) is 5.79. The van der Waals surface area contributed by atoms with Crippen molar-refractivity contribution in [2.45, 2.75) is 12.8 Å². The van der Waals surface area contributed by atoms with Gasteiger partial charge in [0.25, 0.3) is 11.8 Å². The quantitative estimate of drug-likeness (QED) is 0.417. The zero-order valence-electron chi connectivity index (χ0n) is 15.1. The Labute approximate surface area is 182 Å². The van der Waals surface area contributed by atoms with Crippen LogP contribution in [0.25, 0.3) is 0 Å². The number of hydrogen-bond donors (Lipinski definition) is 3. The zero-order chi connectivity index (χ0) is 21.2. The molecule has 3 amide bonds. The monoisotopic (exact) mass is 457 g/mol. The largest absolute Gasteiger partial charge is 0.492 e. The molecular formula is C19H18Cl3N3O4. The Kier molecular flexibility index (Phi) is 9.05. The van der Waals surface area contributed by atoms with E-state index in [1.54, 1.807) is 36.4 Å². The molecule has 0 bridgehead atoms. The second-order valence-corrected chi connectivity index (χ2v) is 7.04.